The topological polar surface area (TPSA) is 29.5 Å². The SMILES string of the molecule is CCOc1cccc(C(O)C2CC=CCC2)c1. The van der Waals surface area contributed by atoms with Gasteiger partial charge in [-0.3, -0.25) is 0 Å². The van der Waals surface area contributed by atoms with E-state index < -0.39 is 0 Å². The van der Waals surface area contributed by atoms with Crippen LogP contribution in [0.4, 0.5) is 0 Å². The van der Waals surface area contributed by atoms with Gasteiger partial charge in [0, 0.05) is 0 Å². The Balaban J connectivity index is 2.09. The van der Waals surface area contributed by atoms with Gasteiger partial charge in [-0.25, -0.2) is 0 Å². The Kier molecular flexibility index (Phi) is 4.21. The van der Waals surface area contributed by atoms with Crippen molar-refractivity contribution in [1.29, 1.82) is 0 Å². The highest BCUT2D eigenvalue weighted by Crippen LogP contribution is 2.32. The maximum atomic E-state index is 10.3. The number of hydrogen-bond donors (Lipinski definition) is 1. The third-order valence-electron chi connectivity index (χ3n) is 3.27. The van der Waals surface area contributed by atoms with Crippen molar-refractivity contribution < 1.29 is 9.84 Å². The first kappa shape index (κ1) is 12.2. The lowest BCUT2D eigenvalue weighted by Gasteiger charge is -2.24. The fourth-order valence-corrected chi connectivity index (χ4v) is 2.33. The van der Waals surface area contributed by atoms with Crippen LogP contribution < -0.4 is 4.74 Å². The van der Waals surface area contributed by atoms with Crippen LogP contribution >= 0.6 is 0 Å². The normalized spacial score (nSPS) is 21.2. The molecule has 0 aromatic heterocycles. The summed E-state index contributed by atoms with van der Waals surface area (Å²) in [6.45, 7) is 2.63. The Hall–Kier alpha value is -1.28. The number of aliphatic hydroxyl groups excluding tert-OH is 1. The van der Waals surface area contributed by atoms with E-state index in [1.165, 1.54) is 0 Å². The van der Waals surface area contributed by atoms with Gasteiger partial charge in [0.1, 0.15) is 5.75 Å². The minimum Gasteiger partial charge on any atom is -0.494 e. The molecule has 0 amide bonds. The minimum absolute atomic E-state index is 0.344. The lowest BCUT2D eigenvalue weighted by Crippen LogP contribution is -2.14. The standard InChI is InChI=1S/C15H20O2/c1-2-17-14-10-6-9-13(11-14)15(16)12-7-4-3-5-8-12/h3-4,6,9-12,15-16H,2,5,7-8H2,1H3. The zero-order valence-electron chi connectivity index (χ0n) is 10.3. The summed E-state index contributed by atoms with van der Waals surface area (Å²) in [5.41, 5.74) is 0.969. The zero-order chi connectivity index (χ0) is 12.1. The highest BCUT2D eigenvalue weighted by Gasteiger charge is 2.21. The zero-order valence-corrected chi connectivity index (χ0v) is 10.3. The summed E-state index contributed by atoms with van der Waals surface area (Å²) < 4.78 is 5.46. The van der Waals surface area contributed by atoms with Gasteiger partial charge in [-0.2, -0.15) is 0 Å². The second-order valence-corrected chi connectivity index (χ2v) is 4.49. The Morgan fingerprint density at radius 2 is 2.29 bits per heavy atom. The van der Waals surface area contributed by atoms with Crippen molar-refractivity contribution in [3.05, 3.63) is 42.0 Å². The smallest absolute Gasteiger partial charge is 0.119 e. The van der Waals surface area contributed by atoms with E-state index in [0.29, 0.717) is 12.5 Å². The molecule has 1 N–H and O–H groups in total. The van der Waals surface area contributed by atoms with E-state index in [1.807, 2.05) is 31.2 Å². The number of ether oxygens (including phenoxy) is 1. The number of hydrogen-bond acceptors (Lipinski definition) is 2. The summed E-state index contributed by atoms with van der Waals surface area (Å²) >= 11 is 0. The maximum absolute atomic E-state index is 10.3. The summed E-state index contributed by atoms with van der Waals surface area (Å²) in [6, 6.07) is 7.81. The molecular weight excluding hydrogens is 212 g/mol. The van der Waals surface area contributed by atoms with Gasteiger partial charge in [0.05, 0.1) is 12.7 Å². The van der Waals surface area contributed by atoms with E-state index in [9.17, 15) is 5.11 Å². The number of allylic oxidation sites excluding steroid dienone is 2. The fourth-order valence-electron chi connectivity index (χ4n) is 2.33. The molecule has 92 valence electrons. The Morgan fingerprint density at radius 1 is 1.41 bits per heavy atom. The van der Waals surface area contributed by atoms with Crippen LogP contribution in [0.3, 0.4) is 0 Å². The summed E-state index contributed by atoms with van der Waals surface area (Å²) in [7, 11) is 0. The van der Waals surface area contributed by atoms with Crippen LogP contribution in [0.25, 0.3) is 0 Å². The van der Waals surface area contributed by atoms with Crippen LogP contribution in [0.15, 0.2) is 36.4 Å². The molecule has 2 rings (SSSR count). The average Bonchev–Trinajstić information content (AvgIpc) is 2.40. The van der Waals surface area contributed by atoms with Crippen molar-refractivity contribution in [2.75, 3.05) is 6.61 Å². The van der Waals surface area contributed by atoms with Gasteiger partial charge in [0.15, 0.2) is 0 Å². The van der Waals surface area contributed by atoms with Crippen molar-refractivity contribution in [1.82, 2.24) is 0 Å². The van der Waals surface area contributed by atoms with Crippen LogP contribution in [0.2, 0.25) is 0 Å². The van der Waals surface area contributed by atoms with Crippen LogP contribution in [-0.2, 0) is 0 Å². The van der Waals surface area contributed by atoms with Crippen LogP contribution in [-0.4, -0.2) is 11.7 Å². The largest absolute Gasteiger partial charge is 0.494 e. The molecule has 0 saturated carbocycles. The molecule has 2 heteroatoms. The van der Waals surface area contributed by atoms with E-state index in [2.05, 4.69) is 12.2 Å². The van der Waals surface area contributed by atoms with Gasteiger partial charge in [0.25, 0.3) is 0 Å². The fraction of sp³-hybridized carbons (Fsp3) is 0.467. The molecule has 0 heterocycles. The van der Waals surface area contributed by atoms with Crippen molar-refractivity contribution >= 4 is 0 Å². The monoisotopic (exact) mass is 232 g/mol. The van der Waals surface area contributed by atoms with Crippen molar-refractivity contribution in [2.45, 2.75) is 32.3 Å². The summed E-state index contributed by atoms with van der Waals surface area (Å²) in [5, 5.41) is 10.3. The molecule has 1 aliphatic rings. The summed E-state index contributed by atoms with van der Waals surface area (Å²) in [5.74, 6) is 1.19. The van der Waals surface area contributed by atoms with Gasteiger partial charge in [-0.15, -0.1) is 0 Å². The van der Waals surface area contributed by atoms with Gasteiger partial charge in [0.2, 0.25) is 0 Å². The van der Waals surface area contributed by atoms with Gasteiger partial charge >= 0.3 is 0 Å². The minimum atomic E-state index is -0.375. The molecule has 0 fully saturated rings. The Morgan fingerprint density at radius 3 is 3.00 bits per heavy atom. The lowest BCUT2D eigenvalue weighted by molar-refractivity contribution is 0.102. The van der Waals surface area contributed by atoms with Crippen molar-refractivity contribution in [2.24, 2.45) is 5.92 Å². The molecule has 0 aliphatic heterocycles. The van der Waals surface area contributed by atoms with E-state index in [-0.39, 0.29) is 6.10 Å². The quantitative estimate of drug-likeness (QED) is 0.805. The molecule has 0 saturated heterocycles. The molecule has 2 unspecified atom stereocenters. The molecule has 1 aliphatic carbocycles. The van der Waals surface area contributed by atoms with Crippen molar-refractivity contribution in [3.63, 3.8) is 0 Å². The van der Waals surface area contributed by atoms with Gasteiger partial charge < -0.3 is 9.84 Å². The van der Waals surface area contributed by atoms with Crippen LogP contribution in [0.5, 0.6) is 5.75 Å². The van der Waals surface area contributed by atoms with E-state index >= 15 is 0 Å². The third-order valence-corrected chi connectivity index (χ3v) is 3.27. The van der Waals surface area contributed by atoms with E-state index in [4.69, 9.17) is 4.74 Å². The first-order chi connectivity index (χ1) is 8.31. The number of benzene rings is 1. The Bertz CT molecular complexity index is 384. The highest BCUT2D eigenvalue weighted by atomic mass is 16.5. The number of aliphatic hydroxyl groups is 1. The molecular formula is C15H20O2. The molecule has 0 bridgehead atoms. The predicted molar refractivity (Wildman–Crippen MR) is 69.1 cm³/mol. The first-order valence-electron chi connectivity index (χ1n) is 6.37. The molecule has 17 heavy (non-hydrogen) atoms. The molecule has 2 nitrogen and oxygen atoms in total. The van der Waals surface area contributed by atoms with Crippen LogP contribution in [0, 0.1) is 5.92 Å². The molecule has 0 spiro atoms. The van der Waals surface area contributed by atoms with E-state index in [1.54, 1.807) is 0 Å². The molecule has 0 radical (unpaired) electrons. The average molecular weight is 232 g/mol. The van der Waals surface area contributed by atoms with Gasteiger partial charge in [-0.05, 0) is 49.8 Å². The third kappa shape index (κ3) is 3.10. The molecule has 1 aromatic carbocycles. The Labute approximate surface area is 103 Å². The molecule has 1 aromatic rings. The summed E-state index contributed by atoms with van der Waals surface area (Å²) in [6.07, 6.45) is 7.10. The van der Waals surface area contributed by atoms with E-state index in [0.717, 1.165) is 30.6 Å². The number of rotatable bonds is 4. The van der Waals surface area contributed by atoms with Gasteiger partial charge in [-0.1, -0.05) is 24.3 Å². The second kappa shape index (κ2) is 5.87. The first-order valence-corrected chi connectivity index (χ1v) is 6.37. The summed E-state index contributed by atoms with van der Waals surface area (Å²) in [4.78, 5) is 0. The maximum Gasteiger partial charge on any atom is 0.119 e. The molecule has 2 atom stereocenters. The predicted octanol–water partition coefficient (Wildman–Crippen LogP) is 3.48. The van der Waals surface area contributed by atoms with Crippen molar-refractivity contribution in [3.8, 4) is 5.75 Å². The second-order valence-electron chi connectivity index (χ2n) is 4.49. The van der Waals surface area contributed by atoms with Crippen LogP contribution in [0.1, 0.15) is 37.9 Å². The highest BCUT2D eigenvalue weighted by molar-refractivity contribution is 5.30. The lowest BCUT2D eigenvalue weighted by atomic mass is 9.86.